The van der Waals surface area contributed by atoms with Crippen LogP contribution in [0.3, 0.4) is 0 Å². The van der Waals surface area contributed by atoms with Crippen molar-refractivity contribution in [1.82, 2.24) is 5.32 Å². The molecule has 0 amide bonds. The average molecular weight is 241 g/mol. The van der Waals surface area contributed by atoms with E-state index in [-0.39, 0.29) is 12.0 Å². The number of carbonyl (C=O) groups is 1. The lowest BCUT2D eigenvalue weighted by Gasteiger charge is -2.24. The molecule has 1 aromatic carbocycles. The predicted molar refractivity (Wildman–Crippen MR) is 57.7 cm³/mol. The molecule has 1 fully saturated rings. The SMILES string of the molecule is O=C(O)[C@@]1(Cc2cccc(F)c2F)CCCN1. The Bertz CT molecular complexity index is 442. The molecule has 0 aliphatic carbocycles. The minimum Gasteiger partial charge on any atom is -0.480 e. The fraction of sp³-hybridized carbons (Fsp3) is 0.417. The van der Waals surface area contributed by atoms with Gasteiger partial charge in [0.25, 0.3) is 0 Å². The van der Waals surface area contributed by atoms with Gasteiger partial charge in [-0.2, -0.15) is 0 Å². The van der Waals surface area contributed by atoms with Crippen LogP contribution in [-0.4, -0.2) is 23.2 Å². The van der Waals surface area contributed by atoms with Crippen molar-refractivity contribution < 1.29 is 18.7 Å². The van der Waals surface area contributed by atoms with Crippen LogP contribution in [0.25, 0.3) is 0 Å². The molecule has 0 aromatic heterocycles. The largest absolute Gasteiger partial charge is 0.480 e. The molecule has 1 atom stereocenters. The van der Waals surface area contributed by atoms with Gasteiger partial charge in [0.1, 0.15) is 5.54 Å². The molecule has 0 unspecified atom stereocenters. The second-order valence-corrected chi connectivity index (χ2v) is 4.31. The summed E-state index contributed by atoms with van der Waals surface area (Å²) >= 11 is 0. The summed E-state index contributed by atoms with van der Waals surface area (Å²) in [6.07, 6.45) is 1.12. The van der Waals surface area contributed by atoms with Crippen LogP contribution >= 0.6 is 0 Å². The number of carboxylic acid groups (broad SMARTS) is 1. The molecular weight excluding hydrogens is 228 g/mol. The zero-order chi connectivity index (χ0) is 12.5. The third kappa shape index (κ3) is 2.15. The summed E-state index contributed by atoms with van der Waals surface area (Å²) in [5, 5.41) is 12.1. The van der Waals surface area contributed by atoms with Crippen LogP contribution in [0.4, 0.5) is 8.78 Å². The zero-order valence-corrected chi connectivity index (χ0v) is 9.17. The maximum absolute atomic E-state index is 13.5. The third-order valence-electron chi connectivity index (χ3n) is 3.18. The van der Waals surface area contributed by atoms with Gasteiger partial charge in [0.2, 0.25) is 0 Å². The number of halogens is 2. The number of carboxylic acids is 1. The standard InChI is InChI=1S/C12H13F2NO2/c13-9-4-1-3-8(10(9)14)7-12(11(16)17)5-2-6-15-12/h1,3-4,15H,2,5-7H2,(H,16,17)/t12-/m0/s1. The fourth-order valence-electron chi connectivity index (χ4n) is 2.23. The number of hydrogen-bond donors (Lipinski definition) is 2. The van der Waals surface area contributed by atoms with Gasteiger partial charge in [0, 0.05) is 6.42 Å². The molecule has 2 rings (SSSR count). The molecule has 0 spiro atoms. The number of rotatable bonds is 3. The summed E-state index contributed by atoms with van der Waals surface area (Å²) in [6.45, 7) is 0.587. The molecule has 92 valence electrons. The molecule has 1 saturated heterocycles. The van der Waals surface area contributed by atoms with Crippen LogP contribution in [0, 0.1) is 11.6 Å². The summed E-state index contributed by atoms with van der Waals surface area (Å²) in [5.41, 5.74) is -1.06. The number of hydrogen-bond acceptors (Lipinski definition) is 2. The first-order chi connectivity index (χ1) is 8.05. The van der Waals surface area contributed by atoms with Crippen LogP contribution < -0.4 is 5.32 Å². The number of aliphatic carboxylic acids is 1. The van der Waals surface area contributed by atoms with Crippen LogP contribution in [0.1, 0.15) is 18.4 Å². The predicted octanol–water partition coefficient (Wildman–Crippen LogP) is 1.71. The van der Waals surface area contributed by atoms with Crippen molar-refractivity contribution >= 4 is 5.97 Å². The van der Waals surface area contributed by atoms with Crippen molar-refractivity contribution in [2.45, 2.75) is 24.8 Å². The van der Waals surface area contributed by atoms with E-state index >= 15 is 0 Å². The molecule has 3 nitrogen and oxygen atoms in total. The average Bonchev–Trinajstić information content (AvgIpc) is 2.75. The van der Waals surface area contributed by atoms with E-state index in [9.17, 15) is 18.7 Å². The molecule has 0 bridgehead atoms. The Labute approximate surface area is 97.5 Å². The zero-order valence-electron chi connectivity index (χ0n) is 9.17. The molecule has 2 N–H and O–H groups in total. The van der Waals surface area contributed by atoms with Gasteiger partial charge in [0.15, 0.2) is 11.6 Å². The van der Waals surface area contributed by atoms with Crippen molar-refractivity contribution in [2.75, 3.05) is 6.54 Å². The van der Waals surface area contributed by atoms with Crippen LogP contribution in [0.15, 0.2) is 18.2 Å². The molecule has 17 heavy (non-hydrogen) atoms. The lowest BCUT2D eigenvalue weighted by Crippen LogP contribution is -2.49. The topological polar surface area (TPSA) is 49.3 Å². The Hall–Kier alpha value is -1.49. The highest BCUT2D eigenvalue weighted by Gasteiger charge is 2.41. The molecule has 1 heterocycles. The van der Waals surface area contributed by atoms with Gasteiger partial charge in [0.05, 0.1) is 0 Å². The summed E-state index contributed by atoms with van der Waals surface area (Å²) in [6, 6.07) is 3.83. The molecule has 5 heteroatoms. The van der Waals surface area contributed by atoms with Gasteiger partial charge in [-0.25, -0.2) is 8.78 Å². The Morgan fingerprint density at radius 3 is 2.82 bits per heavy atom. The normalized spacial score (nSPS) is 23.9. The highest BCUT2D eigenvalue weighted by Crippen LogP contribution is 2.26. The minimum atomic E-state index is -1.16. The highest BCUT2D eigenvalue weighted by molar-refractivity contribution is 5.79. The first-order valence-electron chi connectivity index (χ1n) is 5.46. The Morgan fingerprint density at radius 1 is 1.47 bits per heavy atom. The van der Waals surface area contributed by atoms with E-state index in [2.05, 4.69) is 5.32 Å². The van der Waals surface area contributed by atoms with E-state index in [0.29, 0.717) is 13.0 Å². The fourth-order valence-corrected chi connectivity index (χ4v) is 2.23. The van der Waals surface area contributed by atoms with Crippen molar-refractivity contribution in [3.05, 3.63) is 35.4 Å². The van der Waals surface area contributed by atoms with Crippen LogP contribution in [0.5, 0.6) is 0 Å². The summed E-state index contributed by atoms with van der Waals surface area (Å²) in [7, 11) is 0. The second-order valence-electron chi connectivity index (χ2n) is 4.31. The quantitative estimate of drug-likeness (QED) is 0.847. The van der Waals surface area contributed by atoms with Crippen molar-refractivity contribution in [3.63, 3.8) is 0 Å². The second kappa shape index (κ2) is 4.41. The first kappa shape index (κ1) is 12.0. The van der Waals surface area contributed by atoms with Gasteiger partial charge in [-0.05, 0) is 31.0 Å². The van der Waals surface area contributed by atoms with E-state index in [1.165, 1.54) is 12.1 Å². The van der Waals surface area contributed by atoms with Gasteiger partial charge >= 0.3 is 5.97 Å². The van der Waals surface area contributed by atoms with Gasteiger partial charge in [-0.15, -0.1) is 0 Å². The number of benzene rings is 1. The van der Waals surface area contributed by atoms with E-state index in [1.54, 1.807) is 0 Å². The molecular formula is C12H13F2NO2. The van der Waals surface area contributed by atoms with Crippen molar-refractivity contribution in [2.24, 2.45) is 0 Å². The molecule has 0 saturated carbocycles. The molecule has 0 radical (unpaired) electrons. The molecule has 1 aliphatic rings. The van der Waals surface area contributed by atoms with E-state index in [0.717, 1.165) is 12.5 Å². The summed E-state index contributed by atoms with van der Waals surface area (Å²) in [4.78, 5) is 11.2. The van der Waals surface area contributed by atoms with Gasteiger partial charge in [-0.1, -0.05) is 12.1 Å². The van der Waals surface area contributed by atoms with Crippen molar-refractivity contribution in [3.8, 4) is 0 Å². The monoisotopic (exact) mass is 241 g/mol. The van der Waals surface area contributed by atoms with E-state index in [1.807, 2.05) is 0 Å². The maximum atomic E-state index is 13.5. The van der Waals surface area contributed by atoms with Gasteiger partial charge < -0.3 is 10.4 Å². The summed E-state index contributed by atoms with van der Waals surface area (Å²) < 4.78 is 26.5. The Balaban J connectivity index is 2.30. The maximum Gasteiger partial charge on any atom is 0.324 e. The van der Waals surface area contributed by atoms with Crippen LogP contribution in [-0.2, 0) is 11.2 Å². The number of nitrogens with one attached hydrogen (secondary N) is 1. The Morgan fingerprint density at radius 2 is 2.24 bits per heavy atom. The third-order valence-corrected chi connectivity index (χ3v) is 3.18. The molecule has 1 aromatic rings. The highest BCUT2D eigenvalue weighted by atomic mass is 19.2. The van der Waals surface area contributed by atoms with E-state index in [4.69, 9.17) is 0 Å². The van der Waals surface area contributed by atoms with Crippen molar-refractivity contribution in [1.29, 1.82) is 0 Å². The lowest BCUT2D eigenvalue weighted by atomic mass is 9.89. The minimum absolute atomic E-state index is 0.0358. The first-order valence-corrected chi connectivity index (χ1v) is 5.46. The Kier molecular flexibility index (Phi) is 3.11. The smallest absolute Gasteiger partial charge is 0.324 e. The lowest BCUT2D eigenvalue weighted by molar-refractivity contribution is -0.144. The molecule has 1 aliphatic heterocycles. The van der Waals surface area contributed by atoms with Gasteiger partial charge in [-0.3, -0.25) is 4.79 Å². The van der Waals surface area contributed by atoms with Crippen LogP contribution in [0.2, 0.25) is 0 Å². The van der Waals surface area contributed by atoms with E-state index < -0.39 is 23.1 Å². The summed E-state index contributed by atoms with van der Waals surface area (Å²) in [5.74, 6) is -2.92.